The van der Waals surface area contributed by atoms with Crippen molar-refractivity contribution in [3.05, 3.63) is 74.8 Å². The number of thiazole rings is 1. The number of nitrogens with one attached hydrogen (secondary N) is 1. The number of amidine groups is 1. The molecule has 50 heavy (non-hydrogen) atoms. The average molecular weight is 752 g/mol. The average Bonchev–Trinajstić information content (AvgIpc) is 3.82. The van der Waals surface area contributed by atoms with E-state index in [1.54, 1.807) is 16.5 Å². The van der Waals surface area contributed by atoms with E-state index in [1.807, 2.05) is 25.7 Å². The van der Waals surface area contributed by atoms with Gasteiger partial charge in [-0.25, -0.2) is 32.0 Å². The van der Waals surface area contributed by atoms with Crippen LogP contribution >= 0.6 is 22.9 Å². The van der Waals surface area contributed by atoms with Crippen molar-refractivity contribution in [2.45, 2.75) is 89.2 Å². The Labute approximate surface area is 297 Å². The maximum Gasteiger partial charge on any atom is 0.410 e. The van der Waals surface area contributed by atoms with E-state index >= 15 is 0 Å². The lowest BCUT2D eigenvalue weighted by Crippen LogP contribution is -2.50. The first-order chi connectivity index (χ1) is 23.7. The second kappa shape index (κ2) is 13.3. The molecule has 0 aliphatic carbocycles. The SMILES string of the molecule is CC(C)(C)OC(=O)N1C2CCC1CC(CS(=O)(=O)N[C@H]1CC3=C(c4ccn(C(F)F)n4)[C@H](c4ccc(F)cc4Cl)N=C(c4nccs4)N3C1)C2. The zero-order valence-electron chi connectivity index (χ0n) is 27.6. The number of piperidine rings is 1. The second-order valence-corrected chi connectivity index (χ2v) is 17.3. The zero-order chi connectivity index (χ0) is 35.5. The standard InChI is InChI=1S/C33H37ClF3N7O4S2/c1-33(2,3)48-32(45)44-21-5-6-22(44)13-18(12-21)17-50(46,47)41-20-15-26-27(25-8-10-43(40-25)31(36)37)28(23-7-4-19(35)14-24(23)34)39-29(42(26)16-20)30-38-9-11-49-30/h4,7-11,14,18,20-22,28,31,41H,5-6,12-13,15-17H2,1-3H3/t18?,20-,21?,22?,28-/m0/s1. The van der Waals surface area contributed by atoms with Crippen LogP contribution in [0.25, 0.3) is 5.57 Å². The summed E-state index contributed by atoms with van der Waals surface area (Å²) in [5, 5.41) is 6.60. The first-order valence-corrected chi connectivity index (χ1v) is 19.3. The van der Waals surface area contributed by atoms with Crippen molar-refractivity contribution in [2.24, 2.45) is 10.9 Å². The lowest BCUT2D eigenvalue weighted by Gasteiger charge is -2.39. The van der Waals surface area contributed by atoms with Crippen LogP contribution in [0.4, 0.5) is 18.0 Å². The van der Waals surface area contributed by atoms with Gasteiger partial charge < -0.3 is 14.5 Å². The summed E-state index contributed by atoms with van der Waals surface area (Å²) >= 11 is 7.89. The molecule has 3 saturated heterocycles. The molecule has 0 saturated carbocycles. The van der Waals surface area contributed by atoms with Crippen LogP contribution in [-0.4, -0.2) is 80.9 Å². The normalized spacial score (nSPS) is 25.4. The van der Waals surface area contributed by atoms with Gasteiger partial charge in [-0.2, -0.15) is 13.9 Å². The fourth-order valence-corrected chi connectivity index (χ4v) is 10.2. The van der Waals surface area contributed by atoms with Gasteiger partial charge in [0.25, 0.3) is 0 Å². The van der Waals surface area contributed by atoms with Crippen LogP contribution < -0.4 is 4.72 Å². The predicted molar refractivity (Wildman–Crippen MR) is 183 cm³/mol. The number of carbonyl (C=O) groups is 1. The lowest BCUT2D eigenvalue weighted by molar-refractivity contribution is 0.00332. The number of benzene rings is 1. The molecule has 2 unspecified atom stereocenters. The molecular formula is C33H37ClF3N7O4S2. The molecule has 4 aliphatic heterocycles. The predicted octanol–water partition coefficient (Wildman–Crippen LogP) is 6.61. The van der Waals surface area contributed by atoms with Crippen molar-refractivity contribution in [3.63, 3.8) is 0 Å². The molecule has 1 N–H and O–H groups in total. The molecule has 1 aromatic carbocycles. The Morgan fingerprint density at radius 3 is 2.54 bits per heavy atom. The third-order valence-corrected chi connectivity index (χ3v) is 12.2. The van der Waals surface area contributed by atoms with Gasteiger partial charge in [-0.05, 0) is 70.6 Å². The van der Waals surface area contributed by atoms with Gasteiger partial charge in [-0.1, -0.05) is 17.7 Å². The topological polar surface area (TPSA) is 122 Å². The Bertz CT molecular complexity index is 1930. The molecule has 17 heteroatoms. The third-order valence-electron chi connectivity index (χ3n) is 9.46. The smallest absolute Gasteiger partial charge is 0.410 e. The Kier molecular flexibility index (Phi) is 9.27. The van der Waals surface area contributed by atoms with Gasteiger partial charge in [0.05, 0.1) is 11.4 Å². The minimum atomic E-state index is -3.80. The first-order valence-electron chi connectivity index (χ1n) is 16.4. The lowest BCUT2D eigenvalue weighted by atomic mass is 9.92. The number of halogens is 4. The number of aliphatic imine (C=N–C) groups is 1. The number of ether oxygens (including phenoxy) is 1. The fraction of sp³-hybridized carbons (Fsp3) is 0.515. The Hall–Kier alpha value is -3.47. The number of rotatable bonds is 8. The summed E-state index contributed by atoms with van der Waals surface area (Å²) in [5.74, 6) is -0.316. The van der Waals surface area contributed by atoms with Gasteiger partial charge >= 0.3 is 12.6 Å². The van der Waals surface area contributed by atoms with Crippen LogP contribution in [0.3, 0.4) is 0 Å². The van der Waals surface area contributed by atoms with E-state index < -0.39 is 40.1 Å². The van der Waals surface area contributed by atoms with E-state index in [4.69, 9.17) is 21.3 Å². The quantitative estimate of drug-likeness (QED) is 0.275. The van der Waals surface area contributed by atoms with E-state index in [1.165, 1.54) is 29.5 Å². The second-order valence-electron chi connectivity index (χ2n) is 14.2. The number of fused-ring (bicyclic) bond motifs is 3. The summed E-state index contributed by atoms with van der Waals surface area (Å²) in [6.45, 7) is 2.80. The molecule has 1 amide bonds. The highest BCUT2D eigenvalue weighted by molar-refractivity contribution is 7.89. The number of nitrogens with zero attached hydrogens (tertiary/aromatic N) is 6. The zero-order valence-corrected chi connectivity index (χ0v) is 30.0. The van der Waals surface area contributed by atoms with Crippen molar-refractivity contribution in [2.75, 3.05) is 12.3 Å². The fourth-order valence-electron chi connectivity index (χ4n) is 7.68. The molecule has 11 nitrogen and oxygen atoms in total. The minimum absolute atomic E-state index is 0.0719. The summed E-state index contributed by atoms with van der Waals surface area (Å²) in [4.78, 5) is 26.0. The monoisotopic (exact) mass is 751 g/mol. The van der Waals surface area contributed by atoms with Crippen LogP contribution in [0.15, 0.2) is 52.7 Å². The number of sulfonamides is 1. The molecular weight excluding hydrogens is 715 g/mol. The molecule has 4 atom stereocenters. The molecule has 3 fully saturated rings. The van der Waals surface area contributed by atoms with E-state index in [-0.39, 0.29) is 53.5 Å². The number of carbonyl (C=O) groups excluding carboxylic acids is 1. The molecule has 7 rings (SSSR count). The van der Waals surface area contributed by atoms with Crippen LogP contribution in [0.2, 0.25) is 5.02 Å². The van der Waals surface area contributed by atoms with Crippen LogP contribution in [0.5, 0.6) is 0 Å². The number of aromatic nitrogens is 3. The van der Waals surface area contributed by atoms with Crippen LogP contribution in [0, 0.1) is 11.7 Å². The first kappa shape index (κ1) is 35.0. The van der Waals surface area contributed by atoms with E-state index in [9.17, 15) is 26.4 Å². The van der Waals surface area contributed by atoms with Crippen molar-refractivity contribution < 1.29 is 31.1 Å². The summed E-state index contributed by atoms with van der Waals surface area (Å²) < 4.78 is 78.1. The molecule has 2 bridgehead atoms. The highest BCUT2D eigenvalue weighted by Gasteiger charge is 2.47. The minimum Gasteiger partial charge on any atom is -0.444 e. The van der Waals surface area contributed by atoms with Crippen molar-refractivity contribution in [3.8, 4) is 0 Å². The summed E-state index contributed by atoms with van der Waals surface area (Å²) in [7, 11) is -3.80. The Morgan fingerprint density at radius 2 is 1.92 bits per heavy atom. The molecule has 4 aliphatic rings. The number of hydrogen-bond donors (Lipinski definition) is 1. The van der Waals surface area contributed by atoms with Gasteiger partial charge in [0.1, 0.15) is 17.5 Å². The highest BCUT2D eigenvalue weighted by atomic mass is 35.5. The van der Waals surface area contributed by atoms with Crippen molar-refractivity contribution in [1.82, 2.24) is 29.3 Å². The summed E-state index contributed by atoms with van der Waals surface area (Å²) in [5.41, 5.74) is 1.13. The maximum absolute atomic E-state index is 14.1. The molecule has 3 aromatic rings. The molecule has 268 valence electrons. The highest BCUT2D eigenvalue weighted by Crippen LogP contribution is 2.46. The Morgan fingerprint density at radius 1 is 1.18 bits per heavy atom. The van der Waals surface area contributed by atoms with Gasteiger partial charge in [-0.15, -0.1) is 11.3 Å². The van der Waals surface area contributed by atoms with Gasteiger partial charge in [0, 0.05) is 70.7 Å². The molecule has 6 heterocycles. The summed E-state index contributed by atoms with van der Waals surface area (Å²) in [6, 6.07) is 3.77. The van der Waals surface area contributed by atoms with Crippen LogP contribution in [0.1, 0.15) is 81.7 Å². The molecule has 0 spiro atoms. The van der Waals surface area contributed by atoms with Gasteiger partial charge in [0.15, 0.2) is 10.8 Å². The van der Waals surface area contributed by atoms with Gasteiger partial charge in [-0.3, -0.25) is 4.99 Å². The van der Waals surface area contributed by atoms with E-state index in [0.717, 1.165) is 25.1 Å². The van der Waals surface area contributed by atoms with Crippen molar-refractivity contribution in [1.29, 1.82) is 0 Å². The van der Waals surface area contributed by atoms with E-state index in [0.29, 0.717) is 45.2 Å². The molecule has 0 radical (unpaired) electrons. The van der Waals surface area contributed by atoms with Gasteiger partial charge in [0.2, 0.25) is 10.0 Å². The van der Waals surface area contributed by atoms with E-state index in [2.05, 4.69) is 14.8 Å². The number of alkyl halides is 2. The largest absolute Gasteiger partial charge is 0.444 e. The Balaban J connectivity index is 1.17. The number of amides is 1. The number of hydrogen-bond acceptors (Lipinski definition) is 9. The van der Waals surface area contributed by atoms with Crippen molar-refractivity contribution >= 4 is 50.5 Å². The van der Waals surface area contributed by atoms with Crippen LogP contribution in [-0.2, 0) is 14.8 Å². The summed E-state index contributed by atoms with van der Waals surface area (Å²) in [6.07, 6.45) is 5.39. The molecule has 2 aromatic heterocycles. The third kappa shape index (κ3) is 7.03. The maximum atomic E-state index is 14.1.